The predicted molar refractivity (Wildman–Crippen MR) is 118 cm³/mol. The number of carbonyl (C=O) groups excluding carboxylic acids is 2. The van der Waals surface area contributed by atoms with Gasteiger partial charge in [0.05, 0.1) is 13.4 Å². The first kappa shape index (κ1) is 21.6. The summed E-state index contributed by atoms with van der Waals surface area (Å²) >= 11 is 0. The smallest absolute Gasteiger partial charge is 0.294 e. The molecule has 2 aromatic carbocycles. The maximum Gasteiger partial charge on any atom is 0.294 e. The van der Waals surface area contributed by atoms with Crippen molar-refractivity contribution in [3.63, 3.8) is 0 Å². The largest absolute Gasteiger partial charge is 0.497 e. The van der Waals surface area contributed by atoms with Gasteiger partial charge >= 0.3 is 0 Å². The minimum absolute atomic E-state index is 0.0596. The molecule has 0 aliphatic heterocycles. The second-order valence-corrected chi connectivity index (χ2v) is 7.80. The molecule has 1 atom stereocenters. The van der Waals surface area contributed by atoms with Gasteiger partial charge in [0, 0.05) is 11.7 Å². The number of anilines is 1. The van der Waals surface area contributed by atoms with E-state index in [1.165, 1.54) is 41.5 Å². The lowest BCUT2D eigenvalue weighted by atomic mass is 10.0. The molecule has 1 aliphatic carbocycles. The van der Waals surface area contributed by atoms with Gasteiger partial charge in [0.25, 0.3) is 5.91 Å². The van der Waals surface area contributed by atoms with Crippen LogP contribution in [0.5, 0.6) is 5.75 Å². The van der Waals surface area contributed by atoms with Crippen LogP contribution in [0.15, 0.2) is 71.3 Å². The van der Waals surface area contributed by atoms with Gasteiger partial charge in [-0.15, -0.1) is 0 Å². The molecule has 0 radical (unpaired) electrons. The van der Waals surface area contributed by atoms with Crippen molar-refractivity contribution >= 4 is 17.5 Å². The number of benzene rings is 2. The first-order chi connectivity index (χ1) is 15.6. The van der Waals surface area contributed by atoms with Gasteiger partial charge in [0.1, 0.15) is 17.6 Å². The minimum atomic E-state index is -1.01. The molecule has 32 heavy (non-hydrogen) atoms. The molecule has 1 aromatic heterocycles. The van der Waals surface area contributed by atoms with E-state index in [2.05, 4.69) is 5.32 Å². The van der Waals surface area contributed by atoms with Gasteiger partial charge in [-0.25, -0.2) is 4.39 Å². The highest BCUT2D eigenvalue weighted by atomic mass is 19.1. The summed E-state index contributed by atoms with van der Waals surface area (Å²) in [4.78, 5) is 28.5. The second kappa shape index (κ2) is 9.68. The number of nitrogens with zero attached hydrogens (tertiary/aromatic N) is 1. The van der Waals surface area contributed by atoms with Crippen LogP contribution in [0.3, 0.4) is 0 Å². The standard InChI is InChI=1S/C25H25FN2O4/c1-31-21-9-4-6-17(16-21)23(24(29)27-19-7-2-3-8-19)28(20-13-11-18(26)12-14-20)25(30)22-10-5-15-32-22/h4-6,9-16,19,23H,2-3,7-8H2,1H3,(H,27,29). The van der Waals surface area contributed by atoms with Crippen LogP contribution in [-0.4, -0.2) is 25.0 Å². The molecule has 166 valence electrons. The Labute approximate surface area is 186 Å². The van der Waals surface area contributed by atoms with Gasteiger partial charge in [-0.05, 0) is 66.9 Å². The molecule has 1 heterocycles. The lowest BCUT2D eigenvalue weighted by molar-refractivity contribution is -0.123. The SMILES string of the molecule is COc1cccc(C(C(=O)NC2CCCC2)N(C(=O)c2ccco2)c2ccc(F)cc2)c1. The number of nitrogens with one attached hydrogen (secondary N) is 1. The topological polar surface area (TPSA) is 71.8 Å². The number of amides is 2. The molecular weight excluding hydrogens is 411 g/mol. The van der Waals surface area contributed by atoms with Gasteiger partial charge in [0.2, 0.25) is 5.91 Å². The van der Waals surface area contributed by atoms with E-state index >= 15 is 0 Å². The van der Waals surface area contributed by atoms with Crippen molar-refractivity contribution in [2.24, 2.45) is 0 Å². The quantitative estimate of drug-likeness (QED) is 0.573. The average Bonchev–Trinajstić information content (AvgIpc) is 3.52. The first-order valence-corrected chi connectivity index (χ1v) is 10.6. The third kappa shape index (κ3) is 4.66. The zero-order valence-electron chi connectivity index (χ0n) is 17.8. The summed E-state index contributed by atoms with van der Waals surface area (Å²) in [5, 5.41) is 3.10. The van der Waals surface area contributed by atoms with Crippen LogP contribution in [0.25, 0.3) is 0 Å². The van der Waals surface area contributed by atoms with Crippen molar-refractivity contribution in [3.8, 4) is 5.75 Å². The number of halogens is 1. The third-order valence-electron chi connectivity index (χ3n) is 5.67. The van der Waals surface area contributed by atoms with E-state index < -0.39 is 17.8 Å². The molecule has 3 aromatic rings. The normalized spacial score (nSPS) is 14.7. The van der Waals surface area contributed by atoms with E-state index in [0.717, 1.165) is 25.7 Å². The van der Waals surface area contributed by atoms with Crippen LogP contribution in [0.2, 0.25) is 0 Å². The monoisotopic (exact) mass is 436 g/mol. The Morgan fingerprint density at radius 2 is 1.84 bits per heavy atom. The van der Waals surface area contributed by atoms with Crippen LogP contribution in [0.4, 0.5) is 10.1 Å². The van der Waals surface area contributed by atoms with Gasteiger partial charge < -0.3 is 14.5 Å². The number of ether oxygens (including phenoxy) is 1. The highest BCUT2D eigenvalue weighted by Gasteiger charge is 2.36. The molecule has 1 fully saturated rings. The Bertz CT molecular complexity index is 1060. The Morgan fingerprint density at radius 1 is 1.09 bits per heavy atom. The van der Waals surface area contributed by atoms with E-state index in [-0.39, 0.29) is 17.7 Å². The first-order valence-electron chi connectivity index (χ1n) is 10.6. The van der Waals surface area contributed by atoms with Crippen molar-refractivity contribution in [1.29, 1.82) is 0 Å². The van der Waals surface area contributed by atoms with Gasteiger partial charge in [0.15, 0.2) is 5.76 Å². The minimum Gasteiger partial charge on any atom is -0.497 e. The molecule has 0 bridgehead atoms. The lowest BCUT2D eigenvalue weighted by Crippen LogP contribution is -2.46. The molecule has 6 nitrogen and oxygen atoms in total. The van der Waals surface area contributed by atoms with Crippen molar-refractivity contribution in [2.45, 2.75) is 37.8 Å². The van der Waals surface area contributed by atoms with Gasteiger partial charge in [-0.3, -0.25) is 14.5 Å². The van der Waals surface area contributed by atoms with E-state index in [4.69, 9.17) is 9.15 Å². The van der Waals surface area contributed by atoms with Crippen molar-refractivity contribution in [1.82, 2.24) is 5.32 Å². The summed E-state index contributed by atoms with van der Waals surface area (Å²) in [6, 6.07) is 14.7. The number of carbonyl (C=O) groups is 2. The van der Waals surface area contributed by atoms with E-state index in [0.29, 0.717) is 17.0 Å². The van der Waals surface area contributed by atoms with Gasteiger partial charge in [-0.2, -0.15) is 0 Å². The third-order valence-corrected chi connectivity index (χ3v) is 5.67. The van der Waals surface area contributed by atoms with E-state index in [1.807, 2.05) is 0 Å². The summed E-state index contributed by atoms with van der Waals surface area (Å²) in [7, 11) is 1.54. The summed E-state index contributed by atoms with van der Waals surface area (Å²) in [6.07, 6.45) is 5.32. The molecule has 1 saturated carbocycles. The molecule has 1 unspecified atom stereocenters. The number of hydrogen-bond donors (Lipinski definition) is 1. The Kier molecular flexibility index (Phi) is 6.54. The number of methoxy groups -OCH3 is 1. The zero-order valence-corrected chi connectivity index (χ0v) is 17.8. The van der Waals surface area contributed by atoms with Crippen molar-refractivity contribution in [3.05, 3.63) is 84.1 Å². The summed E-state index contributed by atoms with van der Waals surface area (Å²) in [5.41, 5.74) is 0.950. The molecule has 7 heteroatoms. The summed E-state index contributed by atoms with van der Waals surface area (Å²) in [5.74, 6) is -0.612. The fourth-order valence-electron chi connectivity index (χ4n) is 4.08. The summed E-state index contributed by atoms with van der Waals surface area (Å²) < 4.78 is 24.4. The number of hydrogen-bond acceptors (Lipinski definition) is 4. The predicted octanol–water partition coefficient (Wildman–Crippen LogP) is 4.87. The maximum absolute atomic E-state index is 13.7. The van der Waals surface area contributed by atoms with Gasteiger partial charge in [-0.1, -0.05) is 25.0 Å². The van der Waals surface area contributed by atoms with Crippen LogP contribution >= 0.6 is 0 Å². The Hall–Kier alpha value is -3.61. The Balaban J connectivity index is 1.81. The summed E-state index contributed by atoms with van der Waals surface area (Å²) in [6.45, 7) is 0. The fraction of sp³-hybridized carbons (Fsp3) is 0.280. The van der Waals surface area contributed by atoms with Crippen LogP contribution < -0.4 is 15.0 Å². The van der Waals surface area contributed by atoms with Crippen molar-refractivity contribution in [2.75, 3.05) is 12.0 Å². The van der Waals surface area contributed by atoms with E-state index in [9.17, 15) is 14.0 Å². The number of rotatable bonds is 7. The second-order valence-electron chi connectivity index (χ2n) is 7.80. The molecule has 1 aliphatic rings. The molecular formula is C25H25FN2O4. The lowest BCUT2D eigenvalue weighted by Gasteiger charge is -2.32. The van der Waals surface area contributed by atoms with Crippen LogP contribution in [0, 0.1) is 5.82 Å². The van der Waals surface area contributed by atoms with Crippen molar-refractivity contribution < 1.29 is 23.1 Å². The highest BCUT2D eigenvalue weighted by molar-refractivity contribution is 6.08. The molecule has 0 saturated heterocycles. The number of furan rings is 1. The molecule has 2 amide bonds. The maximum atomic E-state index is 13.7. The van der Waals surface area contributed by atoms with E-state index in [1.54, 1.807) is 37.4 Å². The van der Waals surface area contributed by atoms with Crippen LogP contribution in [0.1, 0.15) is 47.8 Å². The molecule has 1 N–H and O–H groups in total. The highest BCUT2D eigenvalue weighted by Crippen LogP contribution is 2.32. The molecule has 4 rings (SSSR count). The zero-order chi connectivity index (χ0) is 22.5. The van der Waals surface area contributed by atoms with Crippen LogP contribution in [-0.2, 0) is 4.79 Å². The Morgan fingerprint density at radius 3 is 2.50 bits per heavy atom. The average molecular weight is 436 g/mol. The molecule has 0 spiro atoms. The fourth-order valence-corrected chi connectivity index (χ4v) is 4.08.